The zero-order valence-corrected chi connectivity index (χ0v) is 11.2. The maximum absolute atomic E-state index is 11.7. The molecule has 0 bridgehead atoms. The van der Waals surface area contributed by atoms with E-state index in [0.717, 1.165) is 17.0 Å². The average molecular weight is 238 g/mol. The van der Waals surface area contributed by atoms with Crippen LogP contribution in [-0.2, 0) is 18.4 Å². The highest BCUT2D eigenvalue weighted by molar-refractivity contribution is 5.81. The van der Waals surface area contributed by atoms with Gasteiger partial charge in [0.15, 0.2) is 0 Å². The fourth-order valence-electron chi connectivity index (χ4n) is 1.67. The zero-order valence-electron chi connectivity index (χ0n) is 11.2. The Morgan fingerprint density at radius 3 is 2.47 bits per heavy atom. The summed E-state index contributed by atoms with van der Waals surface area (Å²) in [5, 5.41) is 7.16. The predicted molar refractivity (Wildman–Crippen MR) is 67.3 cm³/mol. The monoisotopic (exact) mass is 238 g/mol. The molecule has 1 atom stereocenters. The Labute approximate surface area is 102 Å². The van der Waals surface area contributed by atoms with Gasteiger partial charge in [0.1, 0.15) is 0 Å². The first kappa shape index (κ1) is 13.7. The molecule has 0 spiro atoms. The fourth-order valence-corrected chi connectivity index (χ4v) is 1.67. The summed E-state index contributed by atoms with van der Waals surface area (Å²) in [6, 6.07) is -0.452. The van der Waals surface area contributed by atoms with Crippen molar-refractivity contribution >= 4 is 5.91 Å². The van der Waals surface area contributed by atoms with E-state index >= 15 is 0 Å². The number of hydrogen-bond acceptors (Lipinski definition) is 3. The van der Waals surface area contributed by atoms with Gasteiger partial charge in [-0.3, -0.25) is 9.48 Å². The quantitative estimate of drug-likeness (QED) is 0.808. The summed E-state index contributed by atoms with van der Waals surface area (Å²) >= 11 is 0. The Balaban J connectivity index is 2.65. The number of aromatic nitrogens is 2. The molecule has 0 aromatic carbocycles. The number of amides is 1. The molecule has 0 unspecified atom stereocenters. The van der Waals surface area contributed by atoms with Gasteiger partial charge >= 0.3 is 0 Å². The van der Waals surface area contributed by atoms with Gasteiger partial charge in [-0.25, -0.2) is 0 Å². The summed E-state index contributed by atoms with van der Waals surface area (Å²) in [6.07, 6.45) is 0. The van der Waals surface area contributed by atoms with Crippen LogP contribution in [0.3, 0.4) is 0 Å². The highest BCUT2D eigenvalue weighted by atomic mass is 16.2. The van der Waals surface area contributed by atoms with Crippen LogP contribution < -0.4 is 11.1 Å². The second kappa shape index (κ2) is 5.31. The molecule has 1 aromatic rings. The van der Waals surface area contributed by atoms with Crippen molar-refractivity contribution in [2.75, 3.05) is 0 Å². The first-order valence-electron chi connectivity index (χ1n) is 5.87. The van der Waals surface area contributed by atoms with E-state index in [1.165, 1.54) is 0 Å². The number of hydrogen-bond donors (Lipinski definition) is 2. The number of carbonyl (C=O) groups is 1. The van der Waals surface area contributed by atoms with Crippen molar-refractivity contribution in [3.8, 4) is 0 Å². The van der Waals surface area contributed by atoms with E-state index in [-0.39, 0.29) is 11.8 Å². The van der Waals surface area contributed by atoms with Crippen molar-refractivity contribution in [2.45, 2.75) is 40.3 Å². The lowest BCUT2D eigenvalue weighted by Gasteiger charge is -2.15. The SMILES string of the molecule is Cc1nn(C)c(C)c1CNC(=O)[C@H](N)C(C)C. The van der Waals surface area contributed by atoms with Crippen molar-refractivity contribution < 1.29 is 4.79 Å². The Kier molecular flexibility index (Phi) is 4.28. The number of rotatable bonds is 4. The normalized spacial score (nSPS) is 12.9. The minimum atomic E-state index is -0.452. The fraction of sp³-hybridized carbons (Fsp3) is 0.667. The molecule has 5 nitrogen and oxygen atoms in total. The van der Waals surface area contributed by atoms with E-state index in [9.17, 15) is 4.79 Å². The van der Waals surface area contributed by atoms with E-state index in [4.69, 9.17) is 5.73 Å². The lowest BCUT2D eigenvalue weighted by molar-refractivity contribution is -0.123. The van der Waals surface area contributed by atoms with Gasteiger partial charge in [0.2, 0.25) is 5.91 Å². The van der Waals surface area contributed by atoms with E-state index < -0.39 is 6.04 Å². The van der Waals surface area contributed by atoms with Gasteiger partial charge < -0.3 is 11.1 Å². The number of aryl methyl sites for hydroxylation is 2. The maximum Gasteiger partial charge on any atom is 0.237 e. The summed E-state index contributed by atoms with van der Waals surface area (Å²) in [7, 11) is 1.90. The highest BCUT2D eigenvalue weighted by Crippen LogP contribution is 2.11. The molecular weight excluding hydrogens is 216 g/mol. The second-order valence-corrected chi connectivity index (χ2v) is 4.76. The molecule has 0 aliphatic carbocycles. The highest BCUT2D eigenvalue weighted by Gasteiger charge is 2.18. The first-order chi connectivity index (χ1) is 7.84. The molecule has 1 aromatic heterocycles. The molecule has 1 rings (SSSR count). The average Bonchev–Trinajstić information content (AvgIpc) is 2.49. The minimum Gasteiger partial charge on any atom is -0.351 e. The van der Waals surface area contributed by atoms with E-state index in [1.807, 2.05) is 39.4 Å². The zero-order chi connectivity index (χ0) is 13.2. The van der Waals surface area contributed by atoms with Gasteiger partial charge in [0, 0.05) is 24.8 Å². The summed E-state index contributed by atoms with van der Waals surface area (Å²) in [5.41, 5.74) is 8.86. The Bertz CT molecular complexity index is 409. The third-order valence-electron chi connectivity index (χ3n) is 3.12. The van der Waals surface area contributed by atoms with Crippen molar-refractivity contribution in [3.63, 3.8) is 0 Å². The van der Waals surface area contributed by atoms with Crippen molar-refractivity contribution in [2.24, 2.45) is 18.7 Å². The third kappa shape index (κ3) is 3.06. The number of nitrogens with two attached hydrogens (primary N) is 1. The van der Waals surface area contributed by atoms with Crippen LogP contribution in [0.4, 0.5) is 0 Å². The summed E-state index contributed by atoms with van der Waals surface area (Å²) < 4.78 is 1.82. The standard InChI is InChI=1S/C12H22N4O/c1-7(2)11(13)12(17)14-6-10-8(3)15-16(5)9(10)4/h7,11H,6,13H2,1-5H3,(H,14,17)/t11-/m1/s1. The van der Waals surface area contributed by atoms with Crippen LogP contribution in [0.25, 0.3) is 0 Å². The Hall–Kier alpha value is -1.36. The summed E-state index contributed by atoms with van der Waals surface area (Å²) in [6.45, 7) is 8.29. The molecular formula is C12H22N4O. The maximum atomic E-state index is 11.7. The molecule has 0 saturated carbocycles. The van der Waals surface area contributed by atoms with Crippen LogP contribution in [0.5, 0.6) is 0 Å². The first-order valence-corrected chi connectivity index (χ1v) is 5.87. The van der Waals surface area contributed by atoms with Crippen LogP contribution in [0.2, 0.25) is 0 Å². The van der Waals surface area contributed by atoms with Gasteiger partial charge in [0.05, 0.1) is 11.7 Å². The molecule has 0 saturated heterocycles. The molecule has 0 radical (unpaired) electrons. The summed E-state index contributed by atoms with van der Waals surface area (Å²) in [4.78, 5) is 11.7. The number of carbonyl (C=O) groups excluding carboxylic acids is 1. The lowest BCUT2D eigenvalue weighted by Crippen LogP contribution is -2.43. The molecule has 1 amide bonds. The van der Waals surface area contributed by atoms with Crippen LogP contribution in [0, 0.1) is 19.8 Å². The molecule has 1 heterocycles. The molecule has 0 aliphatic heterocycles. The molecule has 0 aliphatic rings. The second-order valence-electron chi connectivity index (χ2n) is 4.76. The Morgan fingerprint density at radius 1 is 1.47 bits per heavy atom. The Morgan fingerprint density at radius 2 is 2.06 bits per heavy atom. The van der Waals surface area contributed by atoms with Crippen LogP contribution in [0.1, 0.15) is 30.8 Å². The summed E-state index contributed by atoms with van der Waals surface area (Å²) in [5.74, 6) is 0.0359. The van der Waals surface area contributed by atoms with E-state index in [1.54, 1.807) is 0 Å². The largest absolute Gasteiger partial charge is 0.351 e. The van der Waals surface area contributed by atoms with Crippen LogP contribution in [0.15, 0.2) is 0 Å². The van der Waals surface area contributed by atoms with Gasteiger partial charge in [0.25, 0.3) is 0 Å². The van der Waals surface area contributed by atoms with Gasteiger partial charge in [-0.2, -0.15) is 5.10 Å². The van der Waals surface area contributed by atoms with Crippen LogP contribution in [-0.4, -0.2) is 21.7 Å². The number of nitrogens with zero attached hydrogens (tertiary/aromatic N) is 2. The van der Waals surface area contributed by atoms with Crippen molar-refractivity contribution in [3.05, 3.63) is 17.0 Å². The predicted octanol–water partition coefficient (Wildman–Crippen LogP) is 0.636. The number of nitrogens with one attached hydrogen (secondary N) is 1. The smallest absolute Gasteiger partial charge is 0.237 e. The molecule has 96 valence electrons. The van der Waals surface area contributed by atoms with E-state index in [2.05, 4.69) is 10.4 Å². The molecule has 5 heteroatoms. The molecule has 0 fully saturated rings. The molecule has 17 heavy (non-hydrogen) atoms. The van der Waals surface area contributed by atoms with Gasteiger partial charge in [-0.05, 0) is 19.8 Å². The topological polar surface area (TPSA) is 72.9 Å². The molecule has 3 N–H and O–H groups in total. The van der Waals surface area contributed by atoms with Gasteiger partial charge in [-0.15, -0.1) is 0 Å². The minimum absolute atomic E-state index is 0.109. The van der Waals surface area contributed by atoms with Crippen molar-refractivity contribution in [1.29, 1.82) is 0 Å². The third-order valence-corrected chi connectivity index (χ3v) is 3.12. The van der Waals surface area contributed by atoms with E-state index in [0.29, 0.717) is 6.54 Å². The van der Waals surface area contributed by atoms with Crippen LogP contribution >= 0.6 is 0 Å². The lowest BCUT2D eigenvalue weighted by atomic mass is 10.0. The van der Waals surface area contributed by atoms with Crippen molar-refractivity contribution in [1.82, 2.24) is 15.1 Å². The van der Waals surface area contributed by atoms with Gasteiger partial charge in [-0.1, -0.05) is 13.8 Å².